The maximum Gasteiger partial charge on any atom is 0.340 e. The summed E-state index contributed by atoms with van der Waals surface area (Å²) in [6.45, 7) is 6.06. The molecule has 6 nitrogen and oxygen atoms in total. The predicted octanol–water partition coefficient (Wildman–Crippen LogP) is 4.87. The molecule has 2 N–H and O–H groups in total. The number of esters is 1. The Kier molecular flexibility index (Phi) is 6.24. The molecule has 0 aliphatic heterocycles. The number of rotatable bonds is 6. The van der Waals surface area contributed by atoms with E-state index in [0.717, 1.165) is 22.5 Å². The van der Waals surface area contributed by atoms with Gasteiger partial charge >= 0.3 is 5.97 Å². The second kappa shape index (κ2) is 9.01. The zero-order chi connectivity index (χ0) is 20.8. The number of carbonyl (C=O) groups excluding carboxylic acids is 2. The van der Waals surface area contributed by atoms with Crippen LogP contribution in [0, 0.1) is 13.8 Å². The Morgan fingerprint density at radius 1 is 0.966 bits per heavy atom. The minimum absolute atomic E-state index is 0.246. The number of benzene rings is 2. The molecular formula is C23H23N3O3. The quantitative estimate of drug-likeness (QED) is 0.588. The number of para-hydroxylation sites is 2. The number of nitrogens with one attached hydrogen (secondary N) is 2. The number of carbonyl (C=O) groups is 2. The van der Waals surface area contributed by atoms with Crippen LogP contribution < -0.4 is 10.6 Å². The van der Waals surface area contributed by atoms with E-state index >= 15 is 0 Å². The van der Waals surface area contributed by atoms with Gasteiger partial charge < -0.3 is 15.4 Å². The van der Waals surface area contributed by atoms with Crippen LogP contribution in [0.25, 0.3) is 0 Å². The number of aryl methyl sites for hydroxylation is 2. The monoisotopic (exact) mass is 389 g/mol. The van der Waals surface area contributed by atoms with E-state index in [-0.39, 0.29) is 12.3 Å². The minimum Gasteiger partial charge on any atom is -0.462 e. The van der Waals surface area contributed by atoms with Gasteiger partial charge in [0.05, 0.1) is 29.7 Å². The van der Waals surface area contributed by atoms with E-state index in [1.54, 1.807) is 49.5 Å². The second-order valence-electron chi connectivity index (χ2n) is 6.54. The Hall–Kier alpha value is -3.67. The molecule has 6 heteroatoms. The Balaban J connectivity index is 1.74. The van der Waals surface area contributed by atoms with Gasteiger partial charge in [-0.05, 0) is 56.2 Å². The summed E-state index contributed by atoms with van der Waals surface area (Å²) < 4.78 is 5.03. The van der Waals surface area contributed by atoms with Crippen molar-refractivity contribution in [1.29, 1.82) is 0 Å². The van der Waals surface area contributed by atoms with Crippen molar-refractivity contribution in [3.63, 3.8) is 0 Å². The SMILES string of the molecule is CCOC(=O)c1ccccc1NC(=O)c1ccc(Nc2c(C)cccc2C)cn1. The first kappa shape index (κ1) is 20.1. The average molecular weight is 389 g/mol. The molecule has 1 heterocycles. The highest BCUT2D eigenvalue weighted by Gasteiger charge is 2.15. The van der Waals surface area contributed by atoms with Crippen LogP contribution >= 0.6 is 0 Å². The number of hydrogen-bond acceptors (Lipinski definition) is 5. The minimum atomic E-state index is -0.482. The van der Waals surface area contributed by atoms with Crippen LogP contribution in [0.15, 0.2) is 60.8 Å². The first-order valence-corrected chi connectivity index (χ1v) is 9.36. The molecule has 0 spiro atoms. The third-order valence-electron chi connectivity index (χ3n) is 4.42. The molecule has 3 aromatic rings. The molecule has 29 heavy (non-hydrogen) atoms. The molecule has 2 aromatic carbocycles. The highest BCUT2D eigenvalue weighted by atomic mass is 16.5. The fourth-order valence-corrected chi connectivity index (χ4v) is 2.92. The van der Waals surface area contributed by atoms with Crippen molar-refractivity contribution in [2.45, 2.75) is 20.8 Å². The normalized spacial score (nSPS) is 10.3. The molecule has 0 aliphatic carbocycles. The van der Waals surface area contributed by atoms with E-state index < -0.39 is 11.9 Å². The van der Waals surface area contributed by atoms with Gasteiger partial charge in [0.25, 0.3) is 5.91 Å². The molecule has 0 unspecified atom stereocenters. The van der Waals surface area contributed by atoms with E-state index in [9.17, 15) is 9.59 Å². The highest BCUT2D eigenvalue weighted by molar-refractivity contribution is 6.07. The van der Waals surface area contributed by atoms with Crippen LogP contribution in [0.4, 0.5) is 17.1 Å². The van der Waals surface area contributed by atoms with Gasteiger partial charge in [-0.3, -0.25) is 4.79 Å². The Morgan fingerprint density at radius 2 is 1.69 bits per heavy atom. The van der Waals surface area contributed by atoms with Crippen molar-refractivity contribution in [2.75, 3.05) is 17.2 Å². The van der Waals surface area contributed by atoms with E-state index in [2.05, 4.69) is 15.6 Å². The van der Waals surface area contributed by atoms with Crippen molar-refractivity contribution in [1.82, 2.24) is 4.98 Å². The number of pyridine rings is 1. The second-order valence-corrected chi connectivity index (χ2v) is 6.54. The summed E-state index contributed by atoms with van der Waals surface area (Å²) >= 11 is 0. The molecule has 148 valence electrons. The van der Waals surface area contributed by atoms with Crippen molar-refractivity contribution in [3.8, 4) is 0 Å². The number of aromatic nitrogens is 1. The van der Waals surface area contributed by atoms with Gasteiger partial charge in [-0.2, -0.15) is 0 Å². The third kappa shape index (κ3) is 4.79. The topological polar surface area (TPSA) is 80.3 Å². The van der Waals surface area contributed by atoms with Gasteiger partial charge in [0, 0.05) is 5.69 Å². The molecular weight excluding hydrogens is 366 g/mol. The molecule has 0 aliphatic rings. The number of anilines is 3. The lowest BCUT2D eigenvalue weighted by Gasteiger charge is -2.13. The summed E-state index contributed by atoms with van der Waals surface area (Å²) in [5.41, 5.74) is 4.99. The molecule has 1 amide bonds. The van der Waals surface area contributed by atoms with Gasteiger partial charge in [0.15, 0.2) is 0 Å². The fraction of sp³-hybridized carbons (Fsp3) is 0.174. The molecule has 0 bridgehead atoms. The average Bonchev–Trinajstić information content (AvgIpc) is 2.72. The smallest absolute Gasteiger partial charge is 0.340 e. The van der Waals surface area contributed by atoms with E-state index in [4.69, 9.17) is 4.74 Å². The third-order valence-corrected chi connectivity index (χ3v) is 4.42. The lowest BCUT2D eigenvalue weighted by molar-refractivity contribution is 0.0527. The summed E-state index contributed by atoms with van der Waals surface area (Å²) in [6, 6.07) is 16.2. The van der Waals surface area contributed by atoms with Crippen molar-refractivity contribution >= 4 is 28.9 Å². The van der Waals surface area contributed by atoms with Crippen molar-refractivity contribution in [2.24, 2.45) is 0 Å². The standard InChI is InChI=1S/C23H23N3O3/c1-4-29-23(28)18-10-5-6-11-19(18)26-22(27)20-13-12-17(14-24-20)25-21-15(2)8-7-9-16(21)3/h5-14,25H,4H2,1-3H3,(H,26,27). The molecule has 0 atom stereocenters. The van der Waals surface area contributed by atoms with Crippen LogP contribution in [0.1, 0.15) is 38.9 Å². The van der Waals surface area contributed by atoms with Crippen molar-refractivity contribution in [3.05, 3.63) is 83.2 Å². The van der Waals surface area contributed by atoms with Crippen LogP contribution in [-0.2, 0) is 4.74 Å². The fourth-order valence-electron chi connectivity index (χ4n) is 2.92. The first-order valence-electron chi connectivity index (χ1n) is 9.36. The number of hydrogen-bond donors (Lipinski definition) is 2. The van der Waals surface area contributed by atoms with E-state index in [0.29, 0.717) is 11.3 Å². The van der Waals surface area contributed by atoms with E-state index in [1.165, 1.54) is 0 Å². The lowest BCUT2D eigenvalue weighted by atomic mass is 10.1. The maximum absolute atomic E-state index is 12.6. The van der Waals surface area contributed by atoms with Gasteiger partial charge in [-0.25, -0.2) is 9.78 Å². The predicted molar refractivity (Wildman–Crippen MR) is 114 cm³/mol. The summed E-state index contributed by atoms with van der Waals surface area (Å²) in [7, 11) is 0. The Morgan fingerprint density at radius 3 is 2.34 bits per heavy atom. The summed E-state index contributed by atoms with van der Waals surface area (Å²) in [5.74, 6) is -0.884. The molecule has 0 saturated heterocycles. The molecule has 0 fully saturated rings. The van der Waals surface area contributed by atoms with Crippen LogP contribution in [0.5, 0.6) is 0 Å². The zero-order valence-electron chi connectivity index (χ0n) is 16.7. The Labute approximate surface area is 169 Å². The zero-order valence-corrected chi connectivity index (χ0v) is 16.7. The van der Waals surface area contributed by atoms with Gasteiger partial charge in [-0.15, -0.1) is 0 Å². The highest BCUT2D eigenvalue weighted by Crippen LogP contribution is 2.24. The summed E-state index contributed by atoms with van der Waals surface area (Å²) in [5, 5.41) is 6.07. The van der Waals surface area contributed by atoms with E-state index in [1.807, 2.05) is 32.0 Å². The summed E-state index contributed by atoms with van der Waals surface area (Å²) in [6.07, 6.45) is 1.61. The Bertz CT molecular complexity index is 1010. The number of ether oxygens (including phenoxy) is 1. The van der Waals surface area contributed by atoms with Gasteiger partial charge in [0.2, 0.25) is 0 Å². The lowest BCUT2D eigenvalue weighted by Crippen LogP contribution is -2.17. The van der Waals surface area contributed by atoms with Crippen molar-refractivity contribution < 1.29 is 14.3 Å². The first-order chi connectivity index (χ1) is 14.0. The van der Waals surface area contributed by atoms with Gasteiger partial charge in [0.1, 0.15) is 5.69 Å². The van der Waals surface area contributed by atoms with Crippen LogP contribution in [0.3, 0.4) is 0 Å². The number of amides is 1. The summed E-state index contributed by atoms with van der Waals surface area (Å²) in [4.78, 5) is 28.9. The molecule has 1 aromatic heterocycles. The molecule has 3 rings (SSSR count). The number of nitrogens with zero attached hydrogens (tertiary/aromatic N) is 1. The maximum atomic E-state index is 12.6. The van der Waals surface area contributed by atoms with Crippen LogP contribution in [0.2, 0.25) is 0 Å². The largest absolute Gasteiger partial charge is 0.462 e. The molecule has 0 saturated carbocycles. The van der Waals surface area contributed by atoms with Crippen LogP contribution in [-0.4, -0.2) is 23.5 Å². The van der Waals surface area contributed by atoms with Gasteiger partial charge in [-0.1, -0.05) is 30.3 Å². The molecule has 0 radical (unpaired) electrons.